The van der Waals surface area contributed by atoms with Crippen molar-refractivity contribution < 1.29 is 0 Å². The zero-order valence-electron chi connectivity index (χ0n) is 14.9. The molecule has 0 radical (unpaired) electrons. The van der Waals surface area contributed by atoms with Gasteiger partial charge in [-0.2, -0.15) is 0 Å². The van der Waals surface area contributed by atoms with Crippen LogP contribution in [-0.4, -0.2) is 25.7 Å². The topological polar surface area (TPSA) is 24.1 Å². The summed E-state index contributed by atoms with van der Waals surface area (Å²) in [6.07, 6.45) is 14.6. The third-order valence-electron chi connectivity index (χ3n) is 5.28. The molecule has 21 heavy (non-hydrogen) atoms. The Morgan fingerprint density at radius 2 is 1.38 bits per heavy atom. The highest BCUT2D eigenvalue weighted by Gasteiger charge is 2.19. The number of hydrogen-bond donors (Lipinski definition) is 2. The summed E-state index contributed by atoms with van der Waals surface area (Å²) in [7, 11) is 0. The van der Waals surface area contributed by atoms with Crippen molar-refractivity contribution in [3.63, 3.8) is 0 Å². The van der Waals surface area contributed by atoms with Crippen LogP contribution in [-0.2, 0) is 0 Å². The first kappa shape index (κ1) is 19.0. The van der Waals surface area contributed by atoms with E-state index in [1.807, 2.05) is 13.8 Å². The Kier molecular flexibility index (Phi) is 11.3. The molecule has 2 aliphatic carbocycles. The maximum Gasteiger partial charge on any atom is 0.00793 e. The van der Waals surface area contributed by atoms with Gasteiger partial charge in [0.25, 0.3) is 0 Å². The lowest BCUT2D eigenvalue weighted by Crippen LogP contribution is -2.39. The van der Waals surface area contributed by atoms with Crippen molar-refractivity contribution in [3.8, 4) is 0 Å². The molecule has 0 spiro atoms. The zero-order valence-corrected chi connectivity index (χ0v) is 14.9. The van der Waals surface area contributed by atoms with Gasteiger partial charge in [-0.1, -0.05) is 52.4 Å². The average molecular weight is 297 g/mol. The van der Waals surface area contributed by atoms with E-state index in [1.54, 1.807) is 0 Å². The molecule has 1 unspecified atom stereocenters. The van der Waals surface area contributed by atoms with E-state index in [4.69, 9.17) is 0 Å². The maximum absolute atomic E-state index is 3.73. The van der Waals surface area contributed by atoms with E-state index in [1.165, 1.54) is 70.8 Å². The molecule has 2 nitrogen and oxygen atoms in total. The lowest BCUT2D eigenvalue weighted by molar-refractivity contribution is 0.280. The Morgan fingerprint density at radius 1 is 0.810 bits per heavy atom. The fourth-order valence-electron chi connectivity index (χ4n) is 3.89. The van der Waals surface area contributed by atoms with E-state index in [0.717, 1.165) is 31.0 Å². The van der Waals surface area contributed by atoms with Crippen LogP contribution in [0.25, 0.3) is 0 Å². The van der Waals surface area contributed by atoms with E-state index in [0.29, 0.717) is 0 Å². The van der Waals surface area contributed by atoms with Crippen LogP contribution in [0.3, 0.4) is 0 Å². The molecule has 2 N–H and O–H groups in total. The number of nitrogens with one attached hydrogen (secondary N) is 2. The van der Waals surface area contributed by atoms with Gasteiger partial charge in [0.15, 0.2) is 0 Å². The van der Waals surface area contributed by atoms with Gasteiger partial charge in [0.2, 0.25) is 0 Å². The summed E-state index contributed by atoms with van der Waals surface area (Å²) >= 11 is 0. The summed E-state index contributed by atoms with van der Waals surface area (Å²) < 4.78 is 0. The fourth-order valence-corrected chi connectivity index (χ4v) is 3.89. The van der Waals surface area contributed by atoms with Gasteiger partial charge in [0.1, 0.15) is 0 Å². The maximum atomic E-state index is 3.73. The van der Waals surface area contributed by atoms with Crippen LogP contribution in [0.4, 0.5) is 0 Å². The average Bonchev–Trinajstić information content (AvgIpc) is 2.58. The summed E-state index contributed by atoms with van der Waals surface area (Å²) in [5, 5.41) is 7.38. The van der Waals surface area contributed by atoms with E-state index >= 15 is 0 Å². The number of hydrogen-bond acceptors (Lipinski definition) is 2. The highest BCUT2D eigenvalue weighted by molar-refractivity contribution is 4.76. The second-order valence-corrected chi connectivity index (χ2v) is 6.85. The Labute approximate surface area is 133 Å². The standard InChI is InChI=1S/C17H34N2.C2H6/c1-15(17-10-6-3-7-11-17)19-13-12-18-14-16-8-4-2-5-9-16;1-2/h15-19H,2-14H2,1H3;1-2H3. The van der Waals surface area contributed by atoms with Crippen LogP contribution in [0.15, 0.2) is 0 Å². The second-order valence-electron chi connectivity index (χ2n) is 6.85. The fraction of sp³-hybridized carbons (Fsp3) is 1.00. The van der Waals surface area contributed by atoms with Gasteiger partial charge >= 0.3 is 0 Å². The Morgan fingerprint density at radius 3 is 2.00 bits per heavy atom. The molecule has 2 fully saturated rings. The van der Waals surface area contributed by atoms with Crippen LogP contribution < -0.4 is 10.6 Å². The third-order valence-corrected chi connectivity index (χ3v) is 5.28. The Hall–Kier alpha value is -0.0800. The summed E-state index contributed by atoms with van der Waals surface area (Å²) in [4.78, 5) is 0. The second kappa shape index (κ2) is 12.5. The summed E-state index contributed by atoms with van der Waals surface area (Å²) in [6.45, 7) is 9.93. The molecule has 2 heteroatoms. The molecule has 0 aromatic rings. The van der Waals surface area contributed by atoms with Crippen LogP contribution in [0.5, 0.6) is 0 Å². The van der Waals surface area contributed by atoms with Gasteiger partial charge in [-0.25, -0.2) is 0 Å². The first-order chi connectivity index (χ1) is 10.4. The van der Waals surface area contributed by atoms with Crippen molar-refractivity contribution in [2.45, 2.75) is 91.0 Å². The van der Waals surface area contributed by atoms with Crippen LogP contribution in [0.1, 0.15) is 85.0 Å². The number of rotatable bonds is 7. The van der Waals surface area contributed by atoms with Crippen molar-refractivity contribution in [1.29, 1.82) is 0 Å². The van der Waals surface area contributed by atoms with Crippen LogP contribution in [0.2, 0.25) is 0 Å². The largest absolute Gasteiger partial charge is 0.315 e. The van der Waals surface area contributed by atoms with Crippen molar-refractivity contribution >= 4 is 0 Å². The smallest absolute Gasteiger partial charge is 0.00793 e. The lowest BCUT2D eigenvalue weighted by atomic mass is 9.84. The first-order valence-corrected chi connectivity index (χ1v) is 9.80. The summed E-state index contributed by atoms with van der Waals surface area (Å²) in [5.41, 5.74) is 0. The lowest BCUT2D eigenvalue weighted by Gasteiger charge is -2.28. The predicted octanol–water partition coefficient (Wildman–Crippen LogP) is 4.74. The van der Waals surface area contributed by atoms with Crippen LogP contribution >= 0.6 is 0 Å². The molecule has 1 atom stereocenters. The Balaban J connectivity index is 0.00000106. The minimum atomic E-state index is 0.719. The quantitative estimate of drug-likeness (QED) is 0.663. The van der Waals surface area contributed by atoms with Gasteiger partial charge in [-0.05, 0) is 51.0 Å². The van der Waals surface area contributed by atoms with E-state index in [-0.39, 0.29) is 0 Å². The zero-order chi connectivity index (χ0) is 15.3. The molecule has 0 aliphatic heterocycles. The molecule has 0 heterocycles. The van der Waals surface area contributed by atoms with Crippen molar-refractivity contribution in [2.24, 2.45) is 11.8 Å². The molecule has 2 saturated carbocycles. The van der Waals surface area contributed by atoms with Crippen molar-refractivity contribution in [2.75, 3.05) is 19.6 Å². The van der Waals surface area contributed by atoms with Crippen molar-refractivity contribution in [3.05, 3.63) is 0 Å². The highest BCUT2D eigenvalue weighted by Crippen LogP contribution is 2.26. The van der Waals surface area contributed by atoms with Gasteiger partial charge in [0.05, 0.1) is 0 Å². The highest BCUT2D eigenvalue weighted by atomic mass is 15.0. The molecule has 0 bridgehead atoms. The molecule has 0 aromatic heterocycles. The molecule has 0 aromatic carbocycles. The first-order valence-electron chi connectivity index (χ1n) is 9.80. The van der Waals surface area contributed by atoms with Gasteiger partial charge in [-0.3, -0.25) is 0 Å². The van der Waals surface area contributed by atoms with E-state index in [2.05, 4.69) is 17.6 Å². The van der Waals surface area contributed by atoms with Gasteiger partial charge in [0, 0.05) is 19.1 Å². The predicted molar refractivity (Wildman–Crippen MR) is 94.8 cm³/mol. The minimum absolute atomic E-state index is 0.719. The van der Waals surface area contributed by atoms with Crippen LogP contribution in [0, 0.1) is 11.8 Å². The molecule has 0 amide bonds. The van der Waals surface area contributed by atoms with E-state index < -0.39 is 0 Å². The van der Waals surface area contributed by atoms with Gasteiger partial charge < -0.3 is 10.6 Å². The Bertz CT molecular complexity index is 218. The summed E-state index contributed by atoms with van der Waals surface area (Å²) in [5.74, 6) is 1.90. The van der Waals surface area contributed by atoms with E-state index in [9.17, 15) is 0 Å². The SMILES string of the molecule is CC.CC(NCCNCC1CCCCC1)C1CCCCC1. The molecule has 0 saturated heterocycles. The monoisotopic (exact) mass is 296 g/mol. The minimum Gasteiger partial charge on any atom is -0.315 e. The summed E-state index contributed by atoms with van der Waals surface area (Å²) in [6, 6.07) is 0.719. The third kappa shape index (κ3) is 8.21. The molecule has 2 aliphatic rings. The molecular weight excluding hydrogens is 256 g/mol. The molecular formula is C19H40N2. The molecule has 2 rings (SSSR count). The molecule has 126 valence electrons. The normalized spacial score (nSPS) is 22.4. The van der Waals surface area contributed by atoms with Gasteiger partial charge in [-0.15, -0.1) is 0 Å². The van der Waals surface area contributed by atoms with Crippen molar-refractivity contribution in [1.82, 2.24) is 10.6 Å².